The van der Waals surface area contributed by atoms with Gasteiger partial charge in [0.05, 0.1) is 57.4 Å². The molecule has 2 heterocycles. The summed E-state index contributed by atoms with van der Waals surface area (Å²) in [6.07, 6.45) is 0.109. The maximum Gasteiger partial charge on any atom is 0.262 e. The molecule has 13 heteroatoms. The second-order valence-corrected chi connectivity index (χ2v) is 8.33. The highest BCUT2D eigenvalue weighted by Crippen LogP contribution is 2.30. The van der Waals surface area contributed by atoms with E-state index in [1.54, 1.807) is 0 Å². The van der Waals surface area contributed by atoms with Gasteiger partial charge < -0.3 is 29.0 Å². The molecule has 1 atom stereocenters. The minimum atomic E-state index is -1.05. The van der Waals surface area contributed by atoms with Crippen LogP contribution in [0.5, 0.6) is 5.75 Å². The maximum atomic E-state index is 12.8. The first kappa shape index (κ1) is 29.2. The van der Waals surface area contributed by atoms with Gasteiger partial charge in [0, 0.05) is 19.6 Å². The molecule has 0 spiro atoms. The highest BCUT2D eigenvalue weighted by Gasteiger charge is 2.44. The van der Waals surface area contributed by atoms with E-state index in [0.29, 0.717) is 52.9 Å². The fraction of sp³-hybridized carbons (Fsp3) is 0.560. The molecular weight excluding hydrogens is 502 g/mol. The third-order valence-corrected chi connectivity index (χ3v) is 5.67. The van der Waals surface area contributed by atoms with Crippen LogP contribution in [0.2, 0.25) is 0 Å². The highest BCUT2D eigenvalue weighted by molar-refractivity contribution is 6.23. The van der Waals surface area contributed by atoms with E-state index in [0.717, 1.165) is 4.90 Å². The standard InChI is InChI=1S/C25H33N3O10/c1-2-34-9-10-36-13-14-37-12-11-35-8-7-26-22(30)16-38-17-3-4-18-19(15-17)25(33)28(24(18)32)20-5-6-21(29)27-23(20)31/h3-4,15,20H,2,5-14,16H2,1H3,(H,26,30)(H,27,29,31). The van der Waals surface area contributed by atoms with Gasteiger partial charge in [0.15, 0.2) is 6.61 Å². The third kappa shape index (κ3) is 8.31. The van der Waals surface area contributed by atoms with E-state index in [4.69, 9.17) is 23.7 Å². The van der Waals surface area contributed by atoms with E-state index in [9.17, 15) is 24.0 Å². The van der Waals surface area contributed by atoms with Crippen molar-refractivity contribution >= 4 is 29.5 Å². The summed E-state index contributed by atoms with van der Waals surface area (Å²) in [4.78, 5) is 62.0. The Kier molecular flexibility index (Phi) is 11.6. The molecule has 0 bridgehead atoms. The van der Waals surface area contributed by atoms with E-state index in [-0.39, 0.29) is 48.8 Å². The van der Waals surface area contributed by atoms with Crippen molar-refractivity contribution in [2.24, 2.45) is 0 Å². The zero-order chi connectivity index (χ0) is 27.3. The quantitative estimate of drug-likeness (QED) is 0.200. The summed E-state index contributed by atoms with van der Waals surface area (Å²) in [5.41, 5.74) is 0.206. The van der Waals surface area contributed by atoms with Gasteiger partial charge in [0.2, 0.25) is 11.8 Å². The Morgan fingerprint density at radius 1 is 0.921 bits per heavy atom. The summed E-state index contributed by atoms with van der Waals surface area (Å²) in [7, 11) is 0. The van der Waals surface area contributed by atoms with Crippen LogP contribution in [0.15, 0.2) is 18.2 Å². The van der Waals surface area contributed by atoms with Crippen LogP contribution >= 0.6 is 0 Å². The van der Waals surface area contributed by atoms with Crippen LogP contribution in [0.3, 0.4) is 0 Å². The SMILES string of the molecule is CCOCCOCCOCCOCCNC(=O)COc1ccc2c(c1)C(=O)N(C1CCC(=O)NC1=O)C2=O. The smallest absolute Gasteiger partial charge is 0.262 e. The molecule has 1 aromatic rings. The average molecular weight is 536 g/mol. The first-order valence-corrected chi connectivity index (χ1v) is 12.5. The Morgan fingerprint density at radius 3 is 2.21 bits per heavy atom. The summed E-state index contributed by atoms with van der Waals surface area (Å²) < 4.78 is 26.7. The molecule has 5 amide bonds. The monoisotopic (exact) mass is 535 g/mol. The van der Waals surface area contributed by atoms with Crippen molar-refractivity contribution < 1.29 is 47.7 Å². The molecule has 1 saturated heterocycles. The Morgan fingerprint density at radius 2 is 1.55 bits per heavy atom. The van der Waals surface area contributed by atoms with Gasteiger partial charge in [-0.3, -0.25) is 34.2 Å². The van der Waals surface area contributed by atoms with Crippen molar-refractivity contribution in [1.82, 2.24) is 15.5 Å². The van der Waals surface area contributed by atoms with Crippen molar-refractivity contribution in [3.05, 3.63) is 29.3 Å². The maximum absolute atomic E-state index is 12.8. The molecule has 1 unspecified atom stereocenters. The van der Waals surface area contributed by atoms with Gasteiger partial charge in [-0.1, -0.05) is 0 Å². The summed E-state index contributed by atoms with van der Waals surface area (Å²) in [6.45, 7) is 5.69. The fourth-order valence-electron chi connectivity index (χ4n) is 3.81. The lowest BCUT2D eigenvalue weighted by molar-refractivity contribution is -0.136. The molecule has 0 radical (unpaired) electrons. The lowest BCUT2D eigenvalue weighted by Gasteiger charge is -2.27. The molecule has 38 heavy (non-hydrogen) atoms. The molecule has 1 aromatic carbocycles. The van der Waals surface area contributed by atoms with E-state index in [1.807, 2.05) is 6.92 Å². The second kappa shape index (κ2) is 15.1. The minimum absolute atomic E-state index is 0.0390. The highest BCUT2D eigenvalue weighted by atomic mass is 16.6. The first-order chi connectivity index (χ1) is 18.4. The van der Waals surface area contributed by atoms with Gasteiger partial charge in [-0.05, 0) is 31.5 Å². The number of benzene rings is 1. The average Bonchev–Trinajstić information content (AvgIpc) is 3.14. The Labute approximate surface area is 220 Å². The number of nitrogens with one attached hydrogen (secondary N) is 2. The predicted octanol–water partition coefficient (Wildman–Crippen LogP) is -0.331. The number of carbonyl (C=O) groups excluding carboxylic acids is 5. The van der Waals surface area contributed by atoms with Gasteiger partial charge in [-0.2, -0.15) is 0 Å². The minimum Gasteiger partial charge on any atom is -0.484 e. The van der Waals surface area contributed by atoms with Crippen molar-refractivity contribution in [1.29, 1.82) is 0 Å². The van der Waals surface area contributed by atoms with Gasteiger partial charge in [-0.25, -0.2) is 0 Å². The van der Waals surface area contributed by atoms with Crippen molar-refractivity contribution in [2.75, 3.05) is 66.0 Å². The van der Waals surface area contributed by atoms with Gasteiger partial charge >= 0.3 is 0 Å². The van der Waals surface area contributed by atoms with E-state index < -0.39 is 29.7 Å². The molecule has 1 fully saturated rings. The van der Waals surface area contributed by atoms with Gasteiger partial charge in [0.25, 0.3) is 17.7 Å². The largest absolute Gasteiger partial charge is 0.484 e. The molecule has 2 aliphatic heterocycles. The van der Waals surface area contributed by atoms with Crippen LogP contribution in [0.25, 0.3) is 0 Å². The van der Waals surface area contributed by atoms with Crippen LogP contribution in [0.1, 0.15) is 40.5 Å². The van der Waals surface area contributed by atoms with E-state index >= 15 is 0 Å². The Hall–Kier alpha value is -3.39. The van der Waals surface area contributed by atoms with Crippen LogP contribution in [-0.4, -0.2) is 106 Å². The Balaban J connectivity index is 1.30. The number of carbonyl (C=O) groups is 5. The Bertz CT molecular complexity index is 1020. The van der Waals surface area contributed by atoms with Crippen LogP contribution in [0.4, 0.5) is 0 Å². The molecular formula is C25H33N3O10. The molecule has 0 aliphatic carbocycles. The second-order valence-electron chi connectivity index (χ2n) is 8.33. The van der Waals surface area contributed by atoms with Gasteiger partial charge in [0.1, 0.15) is 11.8 Å². The number of ether oxygens (including phenoxy) is 5. The number of imide groups is 2. The molecule has 2 N–H and O–H groups in total. The summed E-state index contributed by atoms with van der Waals surface area (Å²) >= 11 is 0. The number of amides is 5. The zero-order valence-corrected chi connectivity index (χ0v) is 21.3. The molecule has 13 nitrogen and oxygen atoms in total. The third-order valence-electron chi connectivity index (χ3n) is 5.67. The van der Waals surface area contributed by atoms with E-state index in [2.05, 4.69) is 10.6 Å². The number of piperidine rings is 1. The molecule has 208 valence electrons. The topological polar surface area (TPSA) is 159 Å². The lowest BCUT2D eigenvalue weighted by Crippen LogP contribution is -2.54. The van der Waals surface area contributed by atoms with Crippen molar-refractivity contribution in [3.63, 3.8) is 0 Å². The predicted molar refractivity (Wildman–Crippen MR) is 131 cm³/mol. The number of rotatable bonds is 17. The van der Waals surface area contributed by atoms with Crippen molar-refractivity contribution in [2.45, 2.75) is 25.8 Å². The number of fused-ring (bicyclic) bond motifs is 1. The molecule has 2 aliphatic rings. The lowest BCUT2D eigenvalue weighted by atomic mass is 10.0. The summed E-state index contributed by atoms with van der Waals surface area (Å²) in [5, 5.41) is 4.80. The van der Waals surface area contributed by atoms with Crippen LogP contribution < -0.4 is 15.4 Å². The molecule has 3 rings (SSSR count). The number of nitrogens with zero attached hydrogens (tertiary/aromatic N) is 1. The van der Waals surface area contributed by atoms with Crippen molar-refractivity contribution in [3.8, 4) is 5.75 Å². The normalized spacial score (nSPS) is 17.0. The summed E-state index contributed by atoms with van der Waals surface area (Å²) in [5.74, 6) is -2.55. The zero-order valence-electron chi connectivity index (χ0n) is 21.3. The number of hydrogen-bond acceptors (Lipinski definition) is 10. The van der Waals surface area contributed by atoms with Crippen LogP contribution in [-0.2, 0) is 33.3 Å². The summed E-state index contributed by atoms with van der Waals surface area (Å²) in [6, 6.07) is 3.20. The fourth-order valence-corrected chi connectivity index (χ4v) is 3.81. The van der Waals surface area contributed by atoms with E-state index in [1.165, 1.54) is 18.2 Å². The van der Waals surface area contributed by atoms with Gasteiger partial charge in [-0.15, -0.1) is 0 Å². The molecule has 0 aromatic heterocycles. The number of hydrogen-bond donors (Lipinski definition) is 2. The van der Waals surface area contributed by atoms with Crippen LogP contribution in [0, 0.1) is 0 Å². The first-order valence-electron chi connectivity index (χ1n) is 12.5. The molecule has 0 saturated carbocycles.